The van der Waals surface area contributed by atoms with E-state index in [0.717, 1.165) is 5.56 Å². The molecule has 0 atom stereocenters. The minimum absolute atomic E-state index is 0.0518. The van der Waals surface area contributed by atoms with Gasteiger partial charge in [-0.1, -0.05) is 23.2 Å². The van der Waals surface area contributed by atoms with Gasteiger partial charge >= 0.3 is 0 Å². The lowest BCUT2D eigenvalue weighted by Crippen LogP contribution is -2.41. The Morgan fingerprint density at radius 2 is 1.87 bits per heavy atom. The van der Waals surface area contributed by atoms with Gasteiger partial charge in [0, 0.05) is 24.2 Å². The molecule has 3 aromatic rings. The Hall–Kier alpha value is -2.42. The highest BCUT2D eigenvalue weighted by atomic mass is 35.5. The van der Waals surface area contributed by atoms with Gasteiger partial charge < -0.3 is 4.74 Å². The van der Waals surface area contributed by atoms with E-state index in [1.807, 2.05) is 25.1 Å². The highest BCUT2D eigenvalue weighted by Crippen LogP contribution is 2.32. The Bertz CT molecular complexity index is 1260. The molecule has 1 aromatic heterocycles. The first-order valence-electron chi connectivity index (χ1n) is 9.62. The van der Waals surface area contributed by atoms with Gasteiger partial charge in [-0.3, -0.25) is 9.36 Å². The monoisotopic (exact) mass is 447 g/mol. The lowest BCUT2D eigenvalue weighted by atomic mass is 10.1. The van der Waals surface area contributed by atoms with Crippen LogP contribution in [0.3, 0.4) is 0 Å². The molecule has 30 heavy (non-hydrogen) atoms. The van der Waals surface area contributed by atoms with Crippen molar-refractivity contribution in [3.05, 3.63) is 63.7 Å². The number of fused-ring (bicyclic) bond motifs is 1. The predicted octanol–water partition coefficient (Wildman–Crippen LogP) is 3.39. The molecule has 0 saturated carbocycles. The predicted molar refractivity (Wildman–Crippen MR) is 116 cm³/mol. The third-order valence-electron chi connectivity index (χ3n) is 5.50. The van der Waals surface area contributed by atoms with Crippen LogP contribution >= 0.6 is 11.6 Å². The van der Waals surface area contributed by atoms with E-state index in [-0.39, 0.29) is 22.2 Å². The summed E-state index contributed by atoms with van der Waals surface area (Å²) in [5.74, 6) is 0.256. The van der Waals surface area contributed by atoms with E-state index in [2.05, 4.69) is 4.98 Å². The first kappa shape index (κ1) is 20.8. The quantitative estimate of drug-likeness (QED) is 0.612. The van der Waals surface area contributed by atoms with E-state index in [1.165, 1.54) is 17.5 Å². The molecule has 1 aliphatic rings. The van der Waals surface area contributed by atoms with Crippen molar-refractivity contribution in [2.75, 3.05) is 20.2 Å². The van der Waals surface area contributed by atoms with Crippen molar-refractivity contribution in [2.24, 2.45) is 0 Å². The van der Waals surface area contributed by atoms with Crippen LogP contribution in [0.25, 0.3) is 10.9 Å². The van der Waals surface area contributed by atoms with Gasteiger partial charge in [-0.15, -0.1) is 0 Å². The fourth-order valence-corrected chi connectivity index (χ4v) is 5.75. The van der Waals surface area contributed by atoms with Gasteiger partial charge in [-0.25, -0.2) is 13.4 Å². The number of nitrogens with zero attached hydrogens (tertiary/aromatic N) is 3. The average molecular weight is 448 g/mol. The average Bonchev–Trinajstić information content (AvgIpc) is 2.74. The molecule has 4 rings (SSSR count). The Morgan fingerprint density at radius 1 is 1.13 bits per heavy atom. The minimum atomic E-state index is -3.76. The highest BCUT2D eigenvalue weighted by molar-refractivity contribution is 7.89. The summed E-state index contributed by atoms with van der Waals surface area (Å²) >= 11 is 6.01. The van der Waals surface area contributed by atoms with Gasteiger partial charge in [0.15, 0.2) is 0 Å². The molecule has 9 heteroatoms. The number of hydrogen-bond acceptors (Lipinski definition) is 5. The van der Waals surface area contributed by atoms with Crippen LogP contribution in [0.5, 0.6) is 5.75 Å². The van der Waals surface area contributed by atoms with Gasteiger partial charge in [0.2, 0.25) is 10.0 Å². The van der Waals surface area contributed by atoms with Crippen molar-refractivity contribution in [1.82, 2.24) is 13.9 Å². The number of aromatic nitrogens is 2. The zero-order valence-electron chi connectivity index (χ0n) is 16.7. The van der Waals surface area contributed by atoms with E-state index in [4.69, 9.17) is 16.3 Å². The van der Waals surface area contributed by atoms with Crippen LogP contribution in [-0.2, 0) is 10.0 Å². The number of piperidine rings is 1. The molecular formula is C21H22ClN3O4S. The summed E-state index contributed by atoms with van der Waals surface area (Å²) in [4.78, 5) is 17.4. The topological polar surface area (TPSA) is 81.5 Å². The molecule has 0 amide bonds. The third kappa shape index (κ3) is 3.71. The number of rotatable bonds is 4. The fraction of sp³-hybridized carbons (Fsp3) is 0.333. The molecule has 1 saturated heterocycles. The number of methoxy groups -OCH3 is 1. The molecule has 7 nitrogen and oxygen atoms in total. The zero-order valence-corrected chi connectivity index (χ0v) is 18.3. The van der Waals surface area contributed by atoms with E-state index in [1.54, 1.807) is 23.0 Å². The second kappa shape index (κ2) is 8.02. The maximum atomic E-state index is 13.1. The van der Waals surface area contributed by atoms with E-state index >= 15 is 0 Å². The van der Waals surface area contributed by atoms with Gasteiger partial charge in [0.05, 0.1) is 24.3 Å². The van der Waals surface area contributed by atoms with Crippen LogP contribution in [0.15, 0.2) is 52.4 Å². The number of aryl methyl sites for hydroxylation is 1. The largest absolute Gasteiger partial charge is 0.495 e. The number of halogens is 1. The highest BCUT2D eigenvalue weighted by Gasteiger charge is 2.32. The first-order valence-corrected chi connectivity index (χ1v) is 11.4. The van der Waals surface area contributed by atoms with Crippen LogP contribution in [0.1, 0.15) is 24.4 Å². The standard InChI is InChI=1S/C21H22ClN3O4S/c1-14-3-5-18-17(11-14)21(26)25(13-23-18)16-7-9-24(10-8-16)30(27,28)20-12-15(22)4-6-19(20)29-2/h3-6,11-13,16H,7-10H2,1-2H3. The third-order valence-corrected chi connectivity index (χ3v) is 7.65. The number of benzene rings is 2. The van der Waals surface area contributed by atoms with Crippen molar-refractivity contribution >= 4 is 32.5 Å². The lowest BCUT2D eigenvalue weighted by Gasteiger charge is -2.32. The second-order valence-corrected chi connectivity index (χ2v) is 9.75. The molecule has 0 aliphatic carbocycles. The Kier molecular flexibility index (Phi) is 5.57. The summed E-state index contributed by atoms with van der Waals surface area (Å²) in [5.41, 5.74) is 1.56. The van der Waals surface area contributed by atoms with Gasteiger partial charge in [0.1, 0.15) is 10.6 Å². The molecule has 0 radical (unpaired) electrons. The molecule has 158 valence electrons. The molecule has 1 aliphatic heterocycles. The minimum Gasteiger partial charge on any atom is -0.495 e. The van der Waals surface area contributed by atoms with Crippen LogP contribution in [-0.4, -0.2) is 42.5 Å². The fourth-order valence-electron chi connectivity index (χ4n) is 3.86. The summed E-state index contributed by atoms with van der Waals surface area (Å²) in [6.07, 6.45) is 2.59. The SMILES string of the molecule is COc1ccc(Cl)cc1S(=O)(=O)N1CCC(n2cnc3ccc(C)cc3c2=O)CC1. The smallest absolute Gasteiger partial charge is 0.261 e. The molecule has 0 unspecified atom stereocenters. The molecule has 2 heterocycles. The van der Waals surface area contributed by atoms with Crippen LogP contribution in [0.4, 0.5) is 0 Å². The van der Waals surface area contributed by atoms with Crippen molar-refractivity contribution in [1.29, 1.82) is 0 Å². The van der Waals surface area contributed by atoms with Crippen LogP contribution < -0.4 is 10.3 Å². The summed E-state index contributed by atoms with van der Waals surface area (Å²) in [6, 6.07) is 10.0. The molecule has 0 N–H and O–H groups in total. The molecule has 0 spiro atoms. The summed E-state index contributed by atoms with van der Waals surface area (Å²) in [6.45, 7) is 2.52. The maximum Gasteiger partial charge on any atom is 0.261 e. The summed E-state index contributed by atoms with van der Waals surface area (Å²) < 4.78 is 34.6. The molecule has 0 bridgehead atoms. The van der Waals surface area contributed by atoms with E-state index in [0.29, 0.717) is 41.9 Å². The number of sulfonamides is 1. The molecular weight excluding hydrogens is 426 g/mol. The van der Waals surface area contributed by atoms with Gasteiger partial charge in [0.25, 0.3) is 5.56 Å². The lowest BCUT2D eigenvalue weighted by molar-refractivity contribution is 0.269. The maximum absolute atomic E-state index is 13.1. The molecule has 2 aromatic carbocycles. The molecule has 1 fully saturated rings. The number of hydrogen-bond donors (Lipinski definition) is 0. The van der Waals surface area contributed by atoms with Crippen molar-refractivity contribution in [3.8, 4) is 5.75 Å². The van der Waals surface area contributed by atoms with Crippen molar-refractivity contribution in [2.45, 2.75) is 30.7 Å². The summed E-state index contributed by atoms with van der Waals surface area (Å²) in [5, 5.41) is 0.907. The Morgan fingerprint density at radius 3 is 2.57 bits per heavy atom. The normalized spacial score (nSPS) is 16.1. The van der Waals surface area contributed by atoms with Crippen LogP contribution in [0.2, 0.25) is 5.02 Å². The number of ether oxygens (including phenoxy) is 1. The first-order chi connectivity index (χ1) is 14.3. The zero-order chi connectivity index (χ0) is 21.5. The summed E-state index contributed by atoms with van der Waals surface area (Å²) in [7, 11) is -2.34. The van der Waals surface area contributed by atoms with E-state index in [9.17, 15) is 13.2 Å². The Balaban J connectivity index is 1.59. The van der Waals surface area contributed by atoms with Gasteiger partial charge in [-0.2, -0.15) is 4.31 Å². The second-order valence-electron chi connectivity index (χ2n) is 7.41. The van der Waals surface area contributed by atoms with Crippen molar-refractivity contribution in [3.63, 3.8) is 0 Å². The van der Waals surface area contributed by atoms with Crippen LogP contribution in [0, 0.1) is 6.92 Å². The van der Waals surface area contributed by atoms with E-state index < -0.39 is 10.0 Å². The Labute approximate surface area is 179 Å². The van der Waals surface area contributed by atoms with Gasteiger partial charge in [-0.05, 0) is 50.1 Å². The van der Waals surface area contributed by atoms with Crippen molar-refractivity contribution < 1.29 is 13.2 Å².